The number of hydrogen-bond donors (Lipinski definition) is 1. The largest absolute Gasteiger partial charge is 0.368 e. The maximum Gasteiger partial charge on any atom is 0.250 e. The molecule has 0 radical (unpaired) electrons. The molecule has 0 spiro atoms. The molecule has 0 saturated heterocycles. The van der Waals surface area contributed by atoms with Crippen molar-refractivity contribution < 1.29 is 4.79 Å². The molecule has 0 atom stereocenters. The molecule has 1 aliphatic rings. The summed E-state index contributed by atoms with van der Waals surface area (Å²) in [4.78, 5) is 14.7. The zero-order valence-electron chi connectivity index (χ0n) is 14.8. The highest BCUT2D eigenvalue weighted by atomic mass is 16.1. The van der Waals surface area contributed by atoms with E-state index < -0.39 is 0 Å². The van der Waals surface area contributed by atoms with Gasteiger partial charge in [-0.2, -0.15) is 0 Å². The minimum Gasteiger partial charge on any atom is -0.368 e. The maximum absolute atomic E-state index is 12.5. The molecule has 0 bridgehead atoms. The lowest BCUT2D eigenvalue weighted by Gasteiger charge is -2.44. The summed E-state index contributed by atoms with van der Waals surface area (Å²) in [6, 6.07) is 16.2. The van der Waals surface area contributed by atoms with Crippen LogP contribution in [-0.4, -0.2) is 23.4 Å². The van der Waals surface area contributed by atoms with Crippen LogP contribution in [0.1, 0.15) is 30.5 Å². The van der Waals surface area contributed by atoms with Crippen LogP contribution in [0.2, 0.25) is 0 Å². The summed E-state index contributed by atoms with van der Waals surface area (Å²) >= 11 is 0. The number of nitrogens with zero attached hydrogens (tertiary/aromatic N) is 1. The van der Waals surface area contributed by atoms with Crippen LogP contribution in [0.3, 0.4) is 0 Å². The lowest BCUT2D eigenvalue weighted by molar-refractivity contribution is -0.111. The van der Waals surface area contributed by atoms with Gasteiger partial charge in [0.2, 0.25) is 5.91 Å². The van der Waals surface area contributed by atoms with Gasteiger partial charge in [-0.1, -0.05) is 36.4 Å². The van der Waals surface area contributed by atoms with Crippen molar-refractivity contribution in [2.45, 2.75) is 32.7 Å². The van der Waals surface area contributed by atoms with Gasteiger partial charge < -0.3 is 10.2 Å². The summed E-state index contributed by atoms with van der Waals surface area (Å²) in [5, 5.41) is 2.97. The molecule has 0 fully saturated rings. The Morgan fingerprint density at radius 1 is 1.17 bits per heavy atom. The molecule has 24 heavy (non-hydrogen) atoms. The topological polar surface area (TPSA) is 32.3 Å². The van der Waals surface area contributed by atoms with Gasteiger partial charge in [-0.3, -0.25) is 4.79 Å². The SMILES string of the molecule is Cc1cccc(NC(=O)/C=C2/c3ccccc3CC(C)(C)N2C)c1. The van der Waals surface area contributed by atoms with Crippen LogP contribution >= 0.6 is 0 Å². The second kappa shape index (κ2) is 6.16. The van der Waals surface area contributed by atoms with Crippen molar-refractivity contribution in [3.63, 3.8) is 0 Å². The summed E-state index contributed by atoms with van der Waals surface area (Å²) in [7, 11) is 2.06. The second-order valence-electron chi connectivity index (χ2n) is 7.09. The minimum atomic E-state index is -0.102. The molecule has 3 rings (SSSR count). The Labute approximate surface area is 144 Å². The molecular formula is C21H24N2O. The molecule has 1 N–H and O–H groups in total. The summed E-state index contributed by atoms with van der Waals surface area (Å²) in [5.74, 6) is -0.102. The fourth-order valence-electron chi connectivity index (χ4n) is 3.22. The van der Waals surface area contributed by atoms with Gasteiger partial charge in [0, 0.05) is 35.6 Å². The monoisotopic (exact) mass is 320 g/mol. The Morgan fingerprint density at radius 2 is 1.92 bits per heavy atom. The molecule has 1 heterocycles. The number of anilines is 1. The average molecular weight is 320 g/mol. The molecule has 0 aromatic heterocycles. The number of carbonyl (C=O) groups is 1. The highest BCUT2D eigenvalue weighted by Gasteiger charge is 2.33. The van der Waals surface area contributed by atoms with Gasteiger partial charge in [0.15, 0.2) is 0 Å². The smallest absolute Gasteiger partial charge is 0.250 e. The van der Waals surface area contributed by atoms with E-state index in [-0.39, 0.29) is 11.4 Å². The molecule has 0 saturated carbocycles. The Hall–Kier alpha value is -2.55. The first kappa shape index (κ1) is 16.3. The van der Waals surface area contributed by atoms with E-state index in [1.165, 1.54) is 5.56 Å². The molecular weight excluding hydrogens is 296 g/mol. The first-order chi connectivity index (χ1) is 11.4. The summed E-state index contributed by atoms with van der Waals surface area (Å²) in [6.45, 7) is 6.42. The molecule has 1 aliphatic heterocycles. The molecule has 1 amide bonds. The van der Waals surface area contributed by atoms with Crippen LogP contribution in [0, 0.1) is 6.92 Å². The highest BCUT2D eigenvalue weighted by molar-refractivity contribution is 6.04. The van der Waals surface area contributed by atoms with Crippen molar-refractivity contribution in [2.24, 2.45) is 0 Å². The van der Waals surface area contributed by atoms with E-state index in [1.807, 2.05) is 37.3 Å². The van der Waals surface area contributed by atoms with Gasteiger partial charge in [0.1, 0.15) is 0 Å². The third-order valence-corrected chi connectivity index (χ3v) is 4.74. The lowest BCUT2D eigenvalue weighted by Crippen LogP contribution is -2.45. The second-order valence-corrected chi connectivity index (χ2v) is 7.09. The molecule has 3 heteroatoms. The number of benzene rings is 2. The van der Waals surface area contributed by atoms with Crippen molar-refractivity contribution in [1.29, 1.82) is 0 Å². The summed E-state index contributed by atoms with van der Waals surface area (Å²) < 4.78 is 0. The van der Waals surface area contributed by atoms with Crippen molar-refractivity contribution in [3.05, 3.63) is 71.3 Å². The van der Waals surface area contributed by atoms with E-state index >= 15 is 0 Å². The average Bonchev–Trinajstić information content (AvgIpc) is 2.51. The number of carbonyl (C=O) groups excluding carboxylic acids is 1. The first-order valence-corrected chi connectivity index (χ1v) is 8.28. The van der Waals surface area contributed by atoms with Gasteiger partial charge in [-0.15, -0.1) is 0 Å². The van der Waals surface area contributed by atoms with E-state index in [4.69, 9.17) is 0 Å². The van der Waals surface area contributed by atoms with Crippen molar-refractivity contribution >= 4 is 17.3 Å². The van der Waals surface area contributed by atoms with Crippen molar-refractivity contribution in [2.75, 3.05) is 12.4 Å². The Kier molecular flexibility index (Phi) is 4.18. The van der Waals surface area contributed by atoms with Crippen LogP contribution in [0.4, 0.5) is 5.69 Å². The van der Waals surface area contributed by atoms with Gasteiger partial charge in [0.05, 0.1) is 0 Å². The van der Waals surface area contributed by atoms with Crippen LogP contribution in [-0.2, 0) is 11.2 Å². The summed E-state index contributed by atoms with van der Waals surface area (Å²) in [6.07, 6.45) is 2.68. The zero-order valence-corrected chi connectivity index (χ0v) is 14.8. The van der Waals surface area contributed by atoms with Crippen LogP contribution in [0.25, 0.3) is 5.70 Å². The molecule has 0 unspecified atom stereocenters. The van der Waals surface area contributed by atoms with Crippen LogP contribution in [0.5, 0.6) is 0 Å². The normalized spacial score (nSPS) is 17.5. The standard InChI is InChI=1S/C21H24N2O/c1-15-8-7-10-17(12-15)22-20(24)13-19-18-11-6-5-9-16(18)14-21(2,3)23(19)4/h5-13H,14H2,1-4H3,(H,22,24)/b19-13-. The molecule has 124 valence electrons. The zero-order chi connectivity index (χ0) is 17.3. The fraction of sp³-hybridized carbons (Fsp3) is 0.286. The minimum absolute atomic E-state index is 0.0240. The van der Waals surface area contributed by atoms with E-state index in [0.29, 0.717) is 0 Å². The van der Waals surface area contributed by atoms with E-state index in [2.05, 4.69) is 49.3 Å². The number of amides is 1. The van der Waals surface area contributed by atoms with E-state index in [0.717, 1.165) is 28.9 Å². The predicted molar refractivity (Wildman–Crippen MR) is 99.8 cm³/mol. The number of hydrogen-bond acceptors (Lipinski definition) is 2. The molecule has 3 nitrogen and oxygen atoms in total. The van der Waals surface area contributed by atoms with Gasteiger partial charge >= 0.3 is 0 Å². The quantitative estimate of drug-likeness (QED) is 0.839. The van der Waals surface area contributed by atoms with Gasteiger partial charge in [0.25, 0.3) is 0 Å². The van der Waals surface area contributed by atoms with Gasteiger partial charge in [-0.25, -0.2) is 0 Å². The fourth-order valence-corrected chi connectivity index (χ4v) is 3.22. The first-order valence-electron chi connectivity index (χ1n) is 8.28. The van der Waals surface area contributed by atoms with Crippen molar-refractivity contribution in [1.82, 2.24) is 4.90 Å². The van der Waals surface area contributed by atoms with Crippen molar-refractivity contribution in [3.8, 4) is 0 Å². The number of likely N-dealkylation sites (N-methyl/N-ethyl adjacent to an activating group) is 1. The Bertz CT molecular complexity index is 805. The number of aryl methyl sites for hydroxylation is 1. The lowest BCUT2D eigenvalue weighted by atomic mass is 9.84. The summed E-state index contributed by atoms with van der Waals surface area (Å²) in [5.41, 5.74) is 5.31. The Morgan fingerprint density at radius 3 is 2.67 bits per heavy atom. The number of nitrogens with one attached hydrogen (secondary N) is 1. The maximum atomic E-state index is 12.5. The molecule has 2 aromatic carbocycles. The third-order valence-electron chi connectivity index (χ3n) is 4.74. The predicted octanol–water partition coefficient (Wildman–Crippen LogP) is 4.24. The van der Waals surface area contributed by atoms with Crippen LogP contribution < -0.4 is 5.32 Å². The van der Waals surface area contributed by atoms with E-state index in [9.17, 15) is 4.79 Å². The molecule has 2 aromatic rings. The number of rotatable bonds is 2. The molecule has 0 aliphatic carbocycles. The van der Waals surface area contributed by atoms with E-state index in [1.54, 1.807) is 6.08 Å². The Balaban J connectivity index is 1.94. The van der Waals surface area contributed by atoms with Crippen LogP contribution in [0.15, 0.2) is 54.6 Å². The van der Waals surface area contributed by atoms with Gasteiger partial charge in [-0.05, 0) is 50.5 Å². The highest BCUT2D eigenvalue weighted by Crippen LogP contribution is 2.36. The number of fused-ring (bicyclic) bond motifs is 1. The third kappa shape index (κ3) is 3.21.